The van der Waals surface area contributed by atoms with Gasteiger partial charge in [0.05, 0.1) is 12.1 Å². The van der Waals surface area contributed by atoms with E-state index in [2.05, 4.69) is 10.6 Å². The van der Waals surface area contributed by atoms with Crippen LogP contribution in [0.1, 0.15) is 34.7 Å². The Labute approximate surface area is 199 Å². The lowest BCUT2D eigenvalue weighted by Gasteiger charge is -2.16. The maximum atomic E-state index is 13.5. The first-order chi connectivity index (χ1) is 16.2. The van der Waals surface area contributed by atoms with E-state index in [1.54, 1.807) is 24.3 Å². The van der Waals surface area contributed by atoms with Crippen LogP contribution in [0.15, 0.2) is 72.4 Å². The van der Waals surface area contributed by atoms with Crippen molar-refractivity contribution in [3.8, 4) is 0 Å². The fraction of sp³-hybridized carbons (Fsp3) is 0.179. The number of hydrogen-bond donors (Lipinski definition) is 2. The fourth-order valence-electron chi connectivity index (χ4n) is 3.91. The molecule has 1 aliphatic rings. The van der Waals surface area contributed by atoms with Gasteiger partial charge in [-0.1, -0.05) is 54.1 Å². The molecule has 0 aliphatic carbocycles. The summed E-state index contributed by atoms with van der Waals surface area (Å²) in [5.74, 6) is -0.904. The van der Waals surface area contributed by atoms with E-state index in [0.29, 0.717) is 16.8 Å². The second kappa shape index (κ2) is 9.35. The number of anilines is 2. The number of carbonyl (C=O) groups is 3. The van der Waals surface area contributed by atoms with Gasteiger partial charge in [0.1, 0.15) is 5.70 Å². The standard InChI is InChI=1S/C28H27N3O3/c1-17-6-9-21(10-7-17)16-31-27(33)25(22-11-13-23(14-12-22)29-20(4)32)26(28(31)34)30-24-15-18(2)5-8-19(24)3/h5-15,30H,16H2,1-4H3,(H,29,32). The molecule has 0 aromatic heterocycles. The average Bonchev–Trinajstić information content (AvgIpc) is 3.02. The topological polar surface area (TPSA) is 78.5 Å². The van der Waals surface area contributed by atoms with Gasteiger partial charge in [0.15, 0.2) is 0 Å². The molecule has 172 valence electrons. The molecule has 0 fully saturated rings. The number of benzene rings is 3. The van der Waals surface area contributed by atoms with E-state index in [1.807, 2.05) is 63.2 Å². The van der Waals surface area contributed by atoms with Gasteiger partial charge < -0.3 is 10.6 Å². The van der Waals surface area contributed by atoms with E-state index in [-0.39, 0.29) is 30.0 Å². The van der Waals surface area contributed by atoms with Crippen LogP contribution in [0.2, 0.25) is 0 Å². The van der Waals surface area contributed by atoms with Crippen LogP contribution in [0, 0.1) is 20.8 Å². The Balaban J connectivity index is 1.74. The lowest BCUT2D eigenvalue weighted by molar-refractivity contribution is -0.137. The maximum absolute atomic E-state index is 13.5. The third-order valence-corrected chi connectivity index (χ3v) is 5.78. The summed E-state index contributed by atoms with van der Waals surface area (Å²) in [5, 5.41) is 5.97. The molecule has 4 rings (SSSR count). The predicted molar refractivity (Wildman–Crippen MR) is 134 cm³/mol. The van der Waals surface area contributed by atoms with Crippen molar-refractivity contribution in [1.29, 1.82) is 0 Å². The largest absolute Gasteiger partial charge is 0.350 e. The van der Waals surface area contributed by atoms with Crippen molar-refractivity contribution >= 4 is 34.7 Å². The highest BCUT2D eigenvalue weighted by molar-refractivity contribution is 6.36. The van der Waals surface area contributed by atoms with Crippen molar-refractivity contribution in [3.05, 3.63) is 100 Å². The number of nitrogens with one attached hydrogen (secondary N) is 2. The van der Waals surface area contributed by atoms with Gasteiger partial charge in [-0.05, 0) is 61.2 Å². The van der Waals surface area contributed by atoms with Gasteiger partial charge in [-0.15, -0.1) is 0 Å². The molecule has 1 aliphatic heterocycles. The molecular weight excluding hydrogens is 426 g/mol. The molecule has 0 spiro atoms. The highest BCUT2D eigenvalue weighted by atomic mass is 16.2. The highest BCUT2D eigenvalue weighted by Gasteiger charge is 2.39. The zero-order chi connectivity index (χ0) is 24.4. The maximum Gasteiger partial charge on any atom is 0.278 e. The minimum Gasteiger partial charge on any atom is -0.350 e. The Morgan fingerprint density at radius 3 is 2.12 bits per heavy atom. The predicted octanol–water partition coefficient (Wildman–Crippen LogP) is 4.96. The second-order valence-electron chi connectivity index (χ2n) is 8.63. The highest BCUT2D eigenvalue weighted by Crippen LogP contribution is 2.33. The third kappa shape index (κ3) is 4.76. The Bertz CT molecular complexity index is 1310. The van der Waals surface area contributed by atoms with Crippen LogP contribution in [-0.4, -0.2) is 22.6 Å². The summed E-state index contributed by atoms with van der Waals surface area (Å²) < 4.78 is 0. The van der Waals surface area contributed by atoms with Crippen LogP contribution in [0.25, 0.3) is 5.57 Å². The molecule has 0 bridgehead atoms. The van der Waals surface area contributed by atoms with Gasteiger partial charge in [0, 0.05) is 18.3 Å². The number of rotatable bonds is 6. The average molecular weight is 454 g/mol. The van der Waals surface area contributed by atoms with E-state index >= 15 is 0 Å². The van der Waals surface area contributed by atoms with E-state index in [4.69, 9.17) is 0 Å². The van der Waals surface area contributed by atoms with E-state index in [0.717, 1.165) is 27.9 Å². The number of hydrogen-bond acceptors (Lipinski definition) is 4. The normalized spacial score (nSPS) is 13.5. The first kappa shape index (κ1) is 23.0. The van der Waals surface area contributed by atoms with Gasteiger partial charge >= 0.3 is 0 Å². The van der Waals surface area contributed by atoms with Crippen LogP contribution >= 0.6 is 0 Å². The second-order valence-corrected chi connectivity index (χ2v) is 8.63. The first-order valence-electron chi connectivity index (χ1n) is 11.1. The monoisotopic (exact) mass is 453 g/mol. The number of imide groups is 1. The Kier molecular flexibility index (Phi) is 6.32. The fourth-order valence-corrected chi connectivity index (χ4v) is 3.91. The van der Waals surface area contributed by atoms with Crippen molar-refractivity contribution in [2.75, 3.05) is 10.6 Å². The lowest BCUT2D eigenvalue weighted by Crippen LogP contribution is -2.32. The zero-order valence-corrected chi connectivity index (χ0v) is 19.7. The molecule has 0 saturated heterocycles. The zero-order valence-electron chi connectivity index (χ0n) is 19.7. The minimum atomic E-state index is -0.368. The number of carbonyl (C=O) groups excluding carboxylic acids is 3. The van der Waals surface area contributed by atoms with Crippen LogP contribution < -0.4 is 10.6 Å². The molecule has 3 aromatic carbocycles. The summed E-state index contributed by atoms with van der Waals surface area (Å²) in [4.78, 5) is 39.7. The molecule has 0 radical (unpaired) electrons. The summed E-state index contributed by atoms with van der Waals surface area (Å²) in [6, 6.07) is 20.6. The van der Waals surface area contributed by atoms with Gasteiger partial charge in [-0.3, -0.25) is 19.3 Å². The van der Waals surface area contributed by atoms with E-state index in [1.165, 1.54) is 11.8 Å². The molecule has 0 saturated carbocycles. The number of amides is 3. The van der Waals surface area contributed by atoms with Gasteiger partial charge in [0.25, 0.3) is 11.8 Å². The van der Waals surface area contributed by atoms with E-state index < -0.39 is 0 Å². The van der Waals surface area contributed by atoms with Crippen molar-refractivity contribution in [3.63, 3.8) is 0 Å². The molecule has 0 unspecified atom stereocenters. The molecule has 1 heterocycles. The van der Waals surface area contributed by atoms with Gasteiger partial charge in [-0.2, -0.15) is 0 Å². The quantitative estimate of drug-likeness (QED) is 0.517. The molecule has 2 N–H and O–H groups in total. The summed E-state index contributed by atoms with van der Waals surface area (Å²) in [6.07, 6.45) is 0. The molecule has 6 nitrogen and oxygen atoms in total. The summed E-state index contributed by atoms with van der Waals surface area (Å²) in [5.41, 5.74) is 6.56. The number of aryl methyl sites for hydroxylation is 3. The Hall–Kier alpha value is -4.19. The SMILES string of the molecule is CC(=O)Nc1ccc(C2=C(Nc3cc(C)ccc3C)C(=O)N(Cc3ccc(C)cc3)C2=O)cc1. The van der Waals surface area contributed by atoms with Crippen molar-refractivity contribution in [1.82, 2.24) is 4.90 Å². The van der Waals surface area contributed by atoms with Crippen LogP contribution in [0.5, 0.6) is 0 Å². The smallest absolute Gasteiger partial charge is 0.278 e. The van der Waals surface area contributed by atoms with Crippen molar-refractivity contribution < 1.29 is 14.4 Å². The molecule has 34 heavy (non-hydrogen) atoms. The summed E-state index contributed by atoms with van der Waals surface area (Å²) >= 11 is 0. The Morgan fingerprint density at radius 2 is 1.47 bits per heavy atom. The van der Waals surface area contributed by atoms with Crippen molar-refractivity contribution in [2.45, 2.75) is 34.2 Å². The minimum absolute atomic E-state index is 0.180. The molecule has 3 aromatic rings. The molecule has 0 atom stereocenters. The lowest BCUT2D eigenvalue weighted by atomic mass is 10.0. The number of nitrogens with zero attached hydrogens (tertiary/aromatic N) is 1. The molecule has 3 amide bonds. The van der Waals surface area contributed by atoms with Crippen LogP contribution in [0.4, 0.5) is 11.4 Å². The van der Waals surface area contributed by atoms with Crippen LogP contribution in [-0.2, 0) is 20.9 Å². The molecule has 6 heteroatoms. The van der Waals surface area contributed by atoms with Gasteiger partial charge in [-0.25, -0.2) is 0 Å². The van der Waals surface area contributed by atoms with E-state index in [9.17, 15) is 14.4 Å². The summed E-state index contributed by atoms with van der Waals surface area (Å²) in [6.45, 7) is 7.54. The van der Waals surface area contributed by atoms with Gasteiger partial charge in [0.2, 0.25) is 5.91 Å². The summed E-state index contributed by atoms with van der Waals surface area (Å²) in [7, 11) is 0. The third-order valence-electron chi connectivity index (χ3n) is 5.78. The van der Waals surface area contributed by atoms with Crippen LogP contribution in [0.3, 0.4) is 0 Å². The first-order valence-corrected chi connectivity index (χ1v) is 11.1. The van der Waals surface area contributed by atoms with Crippen molar-refractivity contribution in [2.24, 2.45) is 0 Å². The Morgan fingerprint density at radius 1 is 0.824 bits per heavy atom. The molecular formula is C28H27N3O3.